The predicted molar refractivity (Wildman–Crippen MR) is 78.0 cm³/mol. The van der Waals surface area contributed by atoms with Crippen LogP contribution in [0.4, 0.5) is 0 Å². The highest BCUT2D eigenvalue weighted by atomic mass is 16.5. The summed E-state index contributed by atoms with van der Waals surface area (Å²) in [5, 5.41) is 0. The highest BCUT2D eigenvalue weighted by molar-refractivity contribution is 5.27. The molecule has 0 radical (unpaired) electrons. The van der Waals surface area contributed by atoms with Crippen molar-refractivity contribution in [3.8, 4) is 5.75 Å². The molecule has 108 valence electrons. The average Bonchev–Trinajstić information content (AvgIpc) is 3.03. The van der Waals surface area contributed by atoms with Crippen LogP contribution >= 0.6 is 0 Å². The standard InChI is InChI=1S/C16H22N2O2/c1-19-15-7-5-14(6-8-15)12-17-9-3-2-4-16(17)18-10-11-20-13-18/h5-8,10-11,16H,2-4,9,12-13H2,1H3. The number of hydrogen-bond acceptors (Lipinski definition) is 4. The van der Waals surface area contributed by atoms with E-state index in [2.05, 4.69) is 28.1 Å². The fourth-order valence-corrected chi connectivity index (χ4v) is 2.98. The van der Waals surface area contributed by atoms with Crippen molar-refractivity contribution >= 4 is 0 Å². The lowest BCUT2D eigenvalue weighted by atomic mass is 10.1. The molecule has 1 aromatic carbocycles. The van der Waals surface area contributed by atoms with Crippen LogP contribution in [-0.2, 0) is 11.3 Å². The molecule has 2 heterocycles. The number of hydrogen-bond donors (Lipinski definition) is 0. The Bertz CT molecular complexity index is 458. The summed E-state index contributed by atoms with van der Waals surface area (Å²) >= 11 is 0. The van der Waals surface area contributed by atoms with Crippen molar-refractivity contribution in [3.63, 3.8) is 0 Å². The first kappa shape index (κ1) is 13.3. The minimum Gasteiger partial charge on any atom is -0.497 e. The van der Waals surface area contributed by atoms with Crippen LogP contribution in [0.2, 0.25) is 0 Å². The number of nitrogens with zero attached hydrogens (tertiary/aromatic N) is 2. The fourth-order valence-electron chi connectivity index (χ4n) is 2.98. The number of rotatable bonds is 4. The summed E-state index contributed by atoms with van der Waals surface area (Å²) in [5.41, 5.74) is 1.33. The summed E-state index contributed by atoms with van der Waals surface area (Å²) in [5.74, 6) is 0.917. The van der Waals surface area contributed by atoms with Gasteiger partial charge in [-0.25, -0.2) is 0 Å². The number of ether oxygens (including phenoxy) is 2. The van der Waals surface area contributed by atoms with E-state index in [0.29, 0.717) is 12.9 Å². The van der Waals surface area contributed by atoms with E-state index in [0.717, 1.165) is 18.8 Å². The first-order chi connectivity index (χ1) is 9.86. The second kappa shape index (κ2) is 6.18. The molecule has 4 heteroatoms. The third kappa shape index (κ3) is 2.90. The van der Waals surface area contributed by atoms with Crippen LogP contribution in [0, 0.1) is 0 Å². The molecule has 0 aliphatic carbocycles. The first-order valence-corrected chi connectivity index (χ1v) is 7.28. The molecule has 0 aromatic heterocycles. The maximum Gasteiger partial charge on any atom is 0.161 e. The SMILES string of the molecule is COc1ccc(CN2CCCCC2N2C=COC2)cc1. The van der Waals surface area contributed by atoms with Crippen molar-refractivity contribution in [2.24, 2.45) is 0 Å². The van der Waals surface area contributed by atoms with Crippen molar-refractivity contribution in [2.45, 2.75) is 32.0 Å². The van der Waals surface area contributed by atoms with E-state index in [1.54, 1.807) is 13.4 Å². The van der Waals surface area contributed by atoms with Gasteiger partial charge >= 0.3 is 0 Å². The molecular formula is C16H22N2O2. The third-order valence-electron chi connectivity index (χ3n) is 4.08. The lowest BCUT2D eigenvalue weighted by Gasteiger charge is -2.40. The van der Waals surface area contributed by atoms with Gasteiger partial charge in [-0.05, 0) is 37.0 Å². The second-order valence-electron chi connectivity index (χ2n) is 5.39. The Balaban J connectivity index is 1.67. The number of benzene rings is 1. The highest BCUT2D eigenvalue weighted by Crippen LogP contribution is 2.24. The highest BCUT2D eigenvalue weighted by Gasteiger charge is 2.27. The summed E-state index contributed by atoms with van der Waals surface area (Å²) in [6, 6.07) is 8.38. The van der Waals surface area contributed by atoms with E-state index in [1.807, 2.05) is 12.1 Å². The average molecular weight is 274 g/mol. The first-order valence-electron chi connectivity index (χ1n) is 7.28. The Hall–Kier alpha value is -1.68. The van der Waals surface area contributed by atoms with E-state index in [4.69, 9.17) is 9.47 Å². The number of methoxy groups -OCH3 is 1. The van der Waals surface area contributed by atoms with Crippen molar-refractivity contribution < 1.29 is 9.47 Å². The lowest BCUT2D eigenvalue weighted by Crippen LogP contribution is -2.47. The van der Waals surface area contributed by atoms with E-state index < -0.39 is 0 Å². The maximum atomic E-state index is 5.34. The van der Waals surface area contributed by atoms with Crippen molar-refractivity contribution in [3.05, 3.63) is 42.3 Å². The molecule has 4 nitrogen and oxygen atoms in total. The Morgan fingerprint density at radius 2 is 2.10 bits per heavy atom. The van der Waals surface area contributed by atoms with Crippen molar-refractivity contribution in [2.75, 3.05) is 20.4 Å². The van der Waals surface area contributed by atoms with Gasteiger partial charge in [0, 0.05) is 19.3 Å². The van der Waals surface area contributed by atoms with Crippen LogP contribution < -0.4 is 4.74 Å². The maximum absolute atomic E-state index is 5.34. The summed E-state index contributed by atoms with van der Waals surface area (Å²) < 4.78 is 10.6. The minimum atomic E-state index is 0.463. The molecule has 1 unspecified atom stereocenters. The van der Waals surface area contributed by atoms with Gasteiger partial charge in [0.05, 0.1) is 13.3 Å². The van der Waals surface area contributed by atoms with Gasteiger partial charge in [0.1, 0.15) is 12.0 Å². The fraction of sp³-hybridized carbons (Fsp3) is 0.500. The van der Waals surface area contributed by atoms with Crippen LogP contribution in [0.25, 0.3) is 0 Å². The van der Waals surface area contributed by atoms with Crippen LogP contribution in [0.5, 0.6) is 5.75 Å². The summed E-state index contributed by atoms with van der Waals surface area (Å²) in [6.07, 6.45) is 8.12. The monoisotopic (exact) mass is 274 g/mol. The van der Waals surface area contributed by atoms with Gasteiger partial charge in [0.25, 0.3) is 0 Å². The van der Waals surface area contributed by atoms with Crippen LogP contribution in [0.1, 0.15) is 24.8 Å². The summed E-state index contributed by atoms with van der Waals surface area (Å²) in [4.78, 5) is 4.84. The van der Waals surface area contributed by atoms with E-state index >= 15 is 0 Å². The van der Waals surface area contributed by atoms with Gasteiger partial charge < -0.3 is 14.4 Å². The van der Waals surface area contributed by atoms with Gasteiger partial charge in [0.2, 0.25) is 0 Å². The van der Waals surface area contributed by atoms with Gasteiger partial charge in [-0.1, -0.05) is 12.1 Å². The Kier molecular flexibility index (Phi) is 4.11. The van der Waals surface area contributed by atoms with Crippen molar-refractivity contribution in [1.82, 2.24) is 9.80 Å². The van der Waals surface area contributed by atoms with Crippen LogP contribution in [-0.4, -0.2) is 36.4 Å². The molecule has 1 fully saturated rings. The minimum absolute atomic E-state index is 0.463. The molecule has 0 saturated carbocycles. The summed E-state index contributed by atoms with van der Waals surface area (Å²) in [6.45, 7) is 2.82. The molecule has 2 aliphatic rings. The zero-order valence-corrected chi connectivity index (χ0v) is 12.0. The van der Waals surface area contributed by atoms with E-state index in [9.17, 15) is 0 Å². The molecule has 2 aliphatic heterocycles. The number of likely N-dealkylation sites (tertiary alicyclic amines) is 1. The molecule has 1 saturated heterocycles. The van der Waals surface area contributed by atoms with Gasteiger partial charge in [-0.2, -0.15) is 0 Å². The molecular weight excluding hydrogens is 252 g/mol. The summed E-state index contributed by atoms with van der Waals surface area (Å²) in [7, 11) is 1.70. The molecule has 3 rings (SSSR count). The van der Waals surface area contributed by atoms with Crippen LogP contribution in [0.15, 0.2) is 36.7 Å². The smallest absolute Gasteiger partial charge is 0.161 e. The zero-order valence-electron chi connectivity index (χ0n) is 12.0. The topological polar surface area (TPSA) is 24.9 Å². The molecule has 0 spiro atoms. The Morgan fingerprint density at radius 1 is 1.25 bits per heavy atom. The zero-order chi connectivity index (χ0) is 13.8. The largest absolute Gasteiger partial charge is 0.497 e. The molecule has 0 N–H and O–H groups in total. The third-order valence-corrected chi connectivity index (χ3v) is 4.08. The molecule has 1 atom stereocenters. The van der Waals surface area contributed by atoms with Crippen LogP contribution in [0.3, 0.4) is 0 Å². The normalized spacial score (nSPS) is 22.9. The predicted octanol–water partition coefficient (Wildman–Crippen LogP) is 2.77. The Labute approximate surface area is 120 Å². The van der Waals surface area contributed by atoms with Crippen molar-refractivity contribution in [1.29, 1.82) is 0 Å². The molecule has 1 aromatic rings. The number of piperidine rings is 1. The molecule has 0 bridgehead atoms. The molecule has 20 heavy (non-hydrogen) atoms. The van der Waals surface area contributed by atoms with E-state index in [1.165, 1.54) is 24.8 Å². The van der Waals surface area contributed by atoms with Gasteiger partial charge in [0.15, 0.2) is 6.73 Å². The molecule has 0 amide bonds. The van der Waals surface area contributed by atoms with E-state index in [-0.39, 0.29) is 0 Å². The van der Waals surface area contributed by atoms with Gasteiger partial charge in [-0.15, -0.1) is 0 Å². The quantitative estimate of drug-likeness (QED) is 0.843. The Morgan fingerprint density at radius 3 is 2.80 bits per heavy atom. The second-order valence-corrected chi connectivity index (χ2v) is 5.39. The van der Waals surface area contributed by atoms with Gasteiger partial charge in [-0.3, -0.25) is 4.90 Å². The lowest BCUT2D eigenvalue weighted by molar-refractivity contribution is 0.00725.